The van der Waals surface area contributed by atoms with Gasteiger partial charge < -0.3 is 0 Å². The van der Waals surface area contributed by atoms with Gasteiger partial charge in [-0.05, 0) is 67.9 Å². The van der Waals surface area contributed by atoms with Gasteiger partial charge in [-0.3, -0.25) is 9.59 Å². The number of hydrogen-bond donors (Lipinski definition) is 0. The first-order valence-corrected chi connectivity index (χ1v) is 10.5. The number of carbonyl (C=O) groups is 2. The predicted molar refractivity (Wildman–Crippen MR) is 105 cm³/mol. The van der Waals surface area contributed by atoms with Crippen molar-refractivity contribution >= 4 is 23.2 Å². The molecule has 4 rings (SSSR count). The highest BCUT2D eigenvalue weighted by Crippen LogP contribution is 2.69. The van der Waals surface area contributed by atoms with Gasteiger partial charge in [0.2, 0.25) is 0 Å². The van der Waals surface area contributed by atoms with E-state index in [1.807, 2.05) is 6.08 Å². The molecule has 0 saturated heterocycles. The fourth-order valence-electron chi connectivity index (χ4n) is 6.82. The van der Waals surface area contributed by atoms with Crippen molar-refractivity contribution in [3.63, 3.8) is 0 Å². The van der Waals surface area contributed by atoms with E-state index in [2.05, 4.69) is 39.8 Å². The van der Waals surface area contributed by atoms with Gasteiger partial charge in [0.1, 0.15) is 0 Å². The highest BCUT2D eigenvalue weighted by molar-refractivity contribution is 6.28. The molecule has 0 spiro atoms. The van der Waals surface area contributed by atoms with Gasteiger partial charge in [-0.2, -0.15) is 0 Å². The van der Waals surface area contributed by atoms with Gasteiger partial charge >= 0.3 is 0 Å². The van der Waals surface area contributed by atoms with Gasteiger partial charge in [0.05, 0.1) is 5.88 Å². The fraction of sp³-hybridized carbons (Fsp3) is 0.652. The molecule has 0 amide bonds. The molecule has 4 aliphatic carbocycles. The van der Waals surface area contributed by atoms with Crippen LogP contribution in [0.5, 0.6) is 0 Å². The van der Waals surface area contributed by atoms with E-state index in [1.165, 1.54) is 11.1 Å². The summed E-state index contributed by atoms with van der Waals surface area (Å²) in [5.41, 5.74) is 2.25. The maximum atomic E-state index is 12.9. The van der Waals surface area contributed by atoms with Crippen LogP contribution < -0.4 is 0 Å². The van der Waals surface area contributed by atoms with Crippen molar-refractivity contribution in [2.45, 2.75) is 53.4 Å². The molecule has 0 unspecified atom stereocenters. The molecule has 0 aromatic carbocycles. The zero-order valence-corrected chi connectivity index (χ0v) is 17.0. The third-order valence-electron chi connectivity index (χ3n) is 8.82. The lowest BCUT2D eigenvalue weighted by Crippen LogP contribution is -2.50. The van der Waals surface area contributed by atoms with Crippen LogP contribution in [0.15, 0.2) is 35.5 Å². The molecule has 26 heavy (non-hydrogen) atoms. The molecule has 6 atom stereocenters. The highest BCUT2D eigenvalue weighted by Gasteiger charge is 2.64. The first kappa shape index (κ1) is 18.2. The summed E-state index contributed by atoms with van der Waals surface area (Å²) >= 11 is 6.03. The number of carbonyl (C=O) groups excluding carboxylic acids is 2. The first-order chi connectivity index (χ1) is 12.2. The molecule has 0 aromatic rings. The fourth-order valence-corrected chi connectivity index (χ4v) is 7.10. The number of rotatable bonds is 2. The van der Waals surface area contributed by atoms with Crippen LogP contribution in [0.1, 0.15) is 53.4 Å². The topological polar surface area (TPSA) is 34.1 Å². The maximum absolute atomic E-state index is 12.9. The molecule has 3 heteroatoms. The van der Waals surface area contributed by atoms with Crippen molar-refractivity contribution in [2.75, 3.05) is 5.88 Å². The van der Waals surface area contributed by atoms with E-state index in [9.17, 15) is 9.59 Å². The average molecular weight is 373 g/mol. The predicted octanol–water partition coefficient (Wildman–Crippen LogP) is 5.27. The summed E-state index contributed by atoms with van der Waals surface area (Å²) in [4.78, 5) is 24.7. The SMILES string of the molecule is C[C@@H]1C[C@H]2[C@@H]3CCC4=CC(=O)C=C[C@]4(C)C3=CC[C@]2(C)[C@@]1(C)C(=O)CCl. The Morgan fingerprint density at radius 1 is 1.31 bits per heavy atom. The van der Waals surface area contributed by atoms with Crippen LogP contribution in [0.25, 0.3) is 0 Å². The van der Waals surface area contributed by atoms with Crippen molar-refractivity contribution in [3.8, 4) is 0 Å². The number of hydrogen-bond acceptors (Lipinski definition) is 2. The Hall–Kier alpha value is -1.15. The number of Topliss-reactive ketones (excluding diaryl/α,β-unsaturated/α-hetero) is 1. The van der Waals surface area contributed by atoms with Crippen LogP contribution in [-0.2, 0) is 9.59 Å². The Labute approximate surface area is 161 Å². The normalized spacial score (nSPS) is 46.8. The van der Waals surface area contributed by atoms with E-state index >= 15 is 0 Å². The number of halogens is 1. The molecule has 0 radical (unpaired) electrons. The van der Waals surface area contributed by atoms with Crippen molar-refractivity contribution in [1.82, 2.24) is 0 Å². The lowest BCUT2D eigenvalue weighted by molar-refractivity contribution is -0.135. The first-order valence-electron chi connectivity index (χ1n) is 9.92. The Balaban J connectivity index is 1.79. The third-order valence-corrected chi connectivity index (χ3v) is 9.06. The molecule has 0 aliphatic heterocycles. The second-order valence-electron chi connectivity index (χ2n) is 9.54. The summed E-state index contributed by atoms with van der Waals surface area (Å²) in [5.74, 6) is 1.80. The summed E-state index contributed by atoms with van der Waals surface area (Å²) in [6, 6.07) is 0. The van der Waals surface area contributed by atoms with Gasteiger partial charge in [0.25, 0.3) is 0 Å². The number of allylic oxidation sites excluding steroid dienone is 6. The molecule has 2 nitrogen and oxygen atoms in total. The molecule has 2 saturated carbocycles. The maximum Gasteiger partial charge on any atom is 0.178 e. The Morgan fingerprint density at radius 3 is 2.73 bits per heavy atom. The molecule has 4 aliphatic rings. The molecule has 140 valence electrons. The minimum Gasteiger partial charge on any atom is -0.298 e. The summed E-state index contributed by atoms with van der Waals surface area (Å²) in [7, 11) is 0. The third kappa shape index (κ3) is 2.06. The minimum atomic E-state index is -0.350. The van der Waals surface area contributed by atoms with E-state index < -0.39 is 0 Å². The number of fused-ring (bicyclic) bond motifs is 5. The van der Waals surface area contributed by atoms with Crippen molar-refractivity contribution in [3.05, 3.63) is 35.5 Å². The van der Waals surface area contributed by atoms with Gasteiger partial charge in [-0.25, -0.2) is 0 Å². The van der Waals surface area contributed by atoms with Crippen LogP contribution >= 0.6 is 11.6 Å². The monoisotopic (exact) mass is 372 g/mol. The summed E-state index contributed by atoms with van der Waals surface area (Å²) in [6.45, 7) is 9.00. The van der Waals surface area contributed by atoms with Crippen molar-refractivity contribution in [1.29, 1.82) is 0 Å². The Kier molecular flexibility index (Phi) is 3.98. The van der Waals surface area contributed by atoms with Crippen molar-refractivity contribution in [2.24, 2.45) is 34.0 Å². The summed E-state index contributed by atoms with van der Waals surface area (Å²) in [6.07, 6.45) is 12.2. The second kappa shape index (κ2) is 5.67. The smallest absolute Gasteiger partial charge is 0.178 e. The van der Waals surface area contributed by atoms with Crippen LogP contribution in [0.3, 0.4) is 0 Å². The van der Waals surface area contributed by atoms with E-state index in [0.29, 0.717) is 17.8 Å². The molecule has 0 aromatic heterocycles. The van der Waals surface area contributed by atoms with E-state index in [4.69, 9.17) is 11.6 Å². The standard InChI is InChI=1S/C23H29ClO2/c1-14-11-19-17-6-5-15-12-16(25)7-9-21(15,2)18(17)8-10-22(19,3)23(14,4)20(26)13-24/h7-9,12,14,17,19H,5-6,10-11,13H2,1-4H3/t14-,17-,19+,21+,22+,23-/m1/s1. The summed E-state index contributed by atoms with van der Waals surface area (Å²) < 4.78 is 0. The molecular weight excluding hydrogens is 344 g/mol. The van der Waals surface area contributed by atoms with E-state index in [1.54, 1.807) is 6.08 Å². The number of alkyl halides is 1. The molecule has 0 N–H and O–H groups in total. The van der Waals surface area contributed by atoms with Crippen LogP contribution in [0.4, 0.5) is 0 Å². The van der Waals surface area contributed by atoms with Crippen LogP contribution in [0.2, 0.25) is 0 Å². The summed E-state index contributed by atoms with van der Waals surface area (Å²) in [5, 5.41) is 0. The molecular formula is C23H29ClO2. The van der Waals surface area contributed by atoms with Crippen LogP contribution in [0, 0.1) is 34.0 Å². The van der Waals surface area contributed by atoms with Gasteiger partial charge in [-0.15, -0.1) is 11.6 Å². The highest BCUT2D eigenvalue weighted by atomic mass is 35.5. The quantitative estimate of drug-likeness (QED) is 0.488. The van der Waals surface area contributed by atoms with Gasteiger partial charge in [0, 0.05) is 10.8 Å². The Bertz CT molecular complexity index is 775. The molecule has 0 bridgehead atoms. The zero-order chi connectivity index (χ0) is 18.9. The van der Waals surface area contributed by atoms with E-state index in [-0.39, 0.29) is 33.7 Å². The lowest BCUT2D eigenvalue weighted by atomic mass is 9.49. The van der Waals surface area contributed by atoms with Crippen LogP contribution in [-0.4, -0.2) is 17.4 Å². The average Bonchev–Trinajstić information content (AvgIpc) is 2.83. The number of ketones is 2. The molecule has 0 heterocycles. The van der Waals surface area contributed by atoms with Crippen molar-refractivity contribution < 1.29 is 9.59 Å². The molecule has 2 fully saturated rings. The Morgan fingerprint density at radius 2 is 2.04 bits per heavy atom. The van der Waals surface area contributed by atoms with Gasteiger partial charge in [0.15, 0.2) is 11.6 Å². The largest absolute Gasteiger partial charge is 0.298 e. The van der Waals surface area contributed by atoms with E-state index in [0.717, 1.165) is 25.7 Å². The van der Waals surface area contributed by atoms with Gasteiger partial charge in [-0.1, -0.05) is 44.1 Å². The zero-order valence-electron chi connectivity index (χ0n) is 16.3. The minimum absolute atomic E-state index is 0.0294. The lowest BCUT2D eigenvalue weighted by Gasteiger charge is -2.54. The second-order valence-corrected chi connectivity index (χ2v) is 9.80.